The number of methoxy groups -OCH3 is 1. The molecule has 1 heterocycles. The highest BCUT2D eigenvalue weighted by atomic mass is 16.6. The molecule has 26 heavy (non-hydrogen) atoms. The normalized spacial score (nSPS) is 13.1. The fraction of sp³-hybridized carbons (Fsp3) is 0.286. The Balaban J connectivity index is 1.84. The van der Waals surface area contributed by atoms with Crippen molar-refractivity contribution in [1.82, 2.24) is 0 Å². The molecule has 1 aliphatic heterocycles. The molecule has 136 valence electrons. The molecule has 3 rings (SSSR count). The summed E-state index contributed by atoms with van der Waals surface area (Å²) in [6, 6.07) is 10.8. The van der Waals surface area contributed by atoms with E-state index in [1.165, 1.54) is 6.08 Å². The number of ether oxygens (including phenoxy) is 4. The van der Waals surface area contributed by atoms with Gasteiger partial charge in [0.2, 0.25) is 0 Å². The third kappa shape index (κ3) is 3.99. The first-order valence-corrected chi connectivity index (χ1v) is 8.54. The molecule has 0 N–H and O–H groups in total. The van der Waals surface area contributed by atoms with Gasteiger partial charge in [-0.15, -0.1) is 0 Å². The largest absolute Gasteiger partial charge is 0.493 e. The van der Waals surface area contributed by atoms with E-state index in [1.54, 1.807) is 31.4 Å². The fourth-order valence-electron chi connectivity index (χ4n) is 2.64. The Kier molecular flexibility index (Phi) is 5.46. The van der Waals surface area contributed by atoms with E-state index in [0.717, 1.165) is 5.56 Å². The lowest BCUT2D eigenvalue weighted by Gasteiger charge is -2.18. The van der Waals surface area contributed by atoms with Crippen LogP contribution < -0.4 is 18.9 Å². The number of hydrogen-bond donors (Lipinski definition) is 0. The van der Waals surface area contributed by atoms with Crippen LogP contribution >= 0.6 is 0 Å². The monoisotopic (exact) mass is 354 g/mol. The van der Waals surface area contributed by atoms with Crippen molar-refractivity contribution in [3.05, 3.63) is 53.6 Å². The molecule has 0 spiro atoms. The molecule has 1 aliphatic rings. The first-order valence-electron chi connectivity index (χ1n) is 8.54. The van der Waals surface area contributed by atoms with Gasteiger partial charge in [-0.25, -0.2) is 0 Å². The summed E-state index contributed by atoms with van der Waals surface area (Å²) in [5, 5.41) is 0. The second-order valence-corrected chi connectivity index (χ2v) is 6.10. The zero-order chi connectivity index (χ0) is 18.5. The third-order valence-electron chi connectivity index (χ3n) is 3.82. The lowest BCUT2D eigenvalue weighted by Crippen LogP contribution is -2.15. The number of para-hydroxylation sites is 1. The number of allylic oxidation sites excluding steroid dienone is 1. The van der Waals surface area contributed by atoms with Gasteiger partial charge in [0.1, 0.15) is 13.2 Å². The van der Waals surface area contributed by atoms with Crippen LogP contribution in [0.5, 0.6) is 23.0 Å². The molecule has 5 nitrogen and oxygen atoms in total. The van der Waals surface area contributed by atoms with Crippen molar-refractivity contribution in [2.75, 3.05) is 20.3 Å². The lowest BCUT2D eigenvalue weighted by atomic mass is 10.1. The highest BCUT2D eigenvalue weighted by molar-refractivity contribution is 6.07. The zero-order valence-corrected chi connectivity index (χ0v) is 15.2. The van der Waals surface area contributed by atoms with E-state index in [0.29, 0.717) is 41.8 Å². The van der Waals surface area contributed by atoms with E-state index in [2.05, 4.69) is 0 Å². The predicted molar refractivity (Wildman–Crippen MR) is 99.6 cm³/mol. The Bertz CT molecular complexity index is 823. The summed E-state index contributed by atoms with van der Waals surface area (Å²) in [4.78, 5) is 12.5. The van der Waals surface area contributed by atoms with Crippen molar-refractivity contribution in [3.8, 4) is 23.0 Å². The molecule has 2 aromatic carbocycles. The van der Waals surface area contributed by atoms with Gasteiger partial charge in [-0.05, 0) is 50.3 Å². The topological polar surface area (TPSA) is 54.0 Å². The van der Waals surface area contributed by atoms with Crippen LogP contribution in [0, 0.1) is 0 Å². The summed E-state index contributed by atoms with van der Waals surface area (Å²) in [6.45, 7) is 4.90. The molecule has 0 fully saturated rings. The van der Waals surface area contributed by atoms with Gasteiger partial charge in [-0.3, -0.25) is 4.79 Å². The molecule has 2 aromatic rings. The fourth-order valence-corrected chi connectivity index (χ4v) is 2.64. The molecular formula is C21H22O5. The molecule has 0 radical (unpaired) electrons. The molecule has 5 heteroatoms. The van der Waals surface area contributed by atoms with Crippen LogP contribution in [0.1, 0.15) is 29.8 Å². The molecule has 0 bridgehead atoms. The van der Waals surface area contributed by atoms with Gasteiger partial charge in [0.25, 0.3) is 0 Å². The van der Waals surface area contributed by atoms with Crippen LogP contribution in [0.3, 0.4) is 0 Å². The maximum absolute atomic E-state index is 12.5. The van der Waals surface area contributed by atoms with Gasteiger partial charge < -0.3 is 18.9 Å². The minimum atomic E-state index is -0.125. The van der Waals surface area contributed by atoms with Crippen LogP contribution in [0.15, 0.2) is 42.5 Å². The number of carbonyl (C=O) groups excluding carboxylic acids is 1. The van der Waals surface area contributed by atoms with Crippen LogP contribution in [-0.2, 0) is 0 Å². The summed E-state index contributed by atoms with van der Waals surface area (Å²) >= 11 is 0. The standard InChI is InChI=1S/C21H22O5/c1-14(2)26-21-15(5-4-6-19(21)23-3)7-9-17(22)16-8-10-18-20(13-16)25-12-11-24-18/h4-10,13-14H,11-12H2,1-3H3/b9-7+. The molecule has 0 unspecified atom stereocenters. The maximum Gasteiger partial charge on any atom is 0.185 e. The van der Waals surface area contributed by atoms with Gasteiger partial charge in [-0.2, -0.15) is 0 Å². The molecular weight excluding hydrogens is 332 g/mol. The maximum atomic E-state index is 12.5. The SMILES string of the molecule is COc1cccc(/C=C/C(=O)c2ccc3c(c2)OCCO3)c1OC(C)C. The van der Waals surface area contributed by atoms with Crippen LogP contribution in [-0.4, -0.2) is 32.2 Å². The third-order valence-corrected chi connectivity index (χ3v) is 3.82. The van der Waals surface area contributed by atoms with Gasteiger partial charge in [0.15, 0.2) is 28.8 Å². The minimum Gasteiger partial charge on any atom is -0.493 e. The van der Waals surface area contributed by atoms with Gasteiger partial charge in [0.05, 0.1) is 13.2 Å². The van der Waals surface area contributed by atoms with Crippen LogP contribution in [0.2, 0.25) is 0 Å². The van der Waals surface area contributed by atoms with Crippen molar-refractivity contribution < 1.29 is 23.7 Å². The average molecular weight is 354 g/mol. The second kappa shape index (κ2) is 7.95. The van der Waals surface area contributed by atoms with Gasteiger partial charge in [0, 0.05) is 11.1 Å². The van der Waals surface area contributed by atoms with Crippen molar-refractivity contribution in [1.29, 1.82) is 0 Å². The summed E-state index contributed by atoms with van der Waals surface area (Å²) in [7, 11) is 1.59. The molecule has 0 aliphatic carbocycles. The number of carbonyl (C=O) groups is 1. The summed E-state index contributed by atoms with van der Waals surface area (Å²) in [5.74, 6) is 2.39. The molecule has 0 amide bonds. The van der Waals surface area contributed by atoms with Crippen LogP contribution in [0.25, 0.3) is 6.08 Å². The molecule has 0 saturated heterocycles. The van der Waals surface area contributed by atoms with Crippen LogP contribution in [0.4, 0.5) is 0 Å². The van der Waals surface area contributed by atoms with Gasteiger partial charge >= 0.3 is 0 Å². The molecule has 0 saturated carbocycles. The van der Waals surface area contributed by atoms with E-state index in [1.807, 2.05) is 32.0 Å². The smallest absolute Gasteiger partial charge is 0.185 e. The predicted octanol–water partition coefficient (Wildman–Crippen LogP) is 4.15. The number of rotatable bonds is 6. The van der Waals surface area contributed by atoms with E-state index >= 15 is 0 Å². The summed E-state index contributed by atoms with van der Waals surface area (Å²) in [6.07, 6.45) is 3.25. The Morgan fingerprint density at radius 3 is 2.62 bits per heavy atom. The van der Waals surface area contributed by atoms with Gasteiger partial charge in [-0.1, -0.05) is 12.1 Å². The molecule has 0 atom stereocenters. The first-order chi connectivity index (χ1) is 12.6. The van der Waals surface area contributed by atoms with E-state index < -0.39 is 0 Å². The Hall–Kier alpha value is -2.95. The van der Waals surface area contributed by atoms with Crippen molar-refractivity contribution in [2.45, 2.75) is 20.0 Å². The Morgan fingerprint density at radius 1 is 1.12 bits per heavy atom. The second-order valence-electron chi connectivity index (χ2n) is 6.10. The number of hydrogen-bond acceptors (Lipinski definition) is 5. The Morgan fingerprint density at radius 2 is 1.88 bits per heavy atom. The summed E-state index contributed by atoms with van der Waals surface area (Å²) in [5.41, 5.74) is 1.32. The van der Waals surface area contributed by atoms with Crippen molar-refractivity contribution >= 4 is 11.9 Å². The first kappa shape index (κ1) is 17.9. The molecule has 0 aromatic heterocycles. The highest BCUT2D eigenvalue weighted by Crippen LogP contribution is 2.33. The zero-order valence-electron chi connectivity index (χ0n) is 15.2. The number of ketones is 1. The van der Waals surface area contributed by atoms with Crippen molar-refractivity contribution in [2.24, 2.45) is 0 Å². The minimum absolute atomic E-state index is 0.00746. The highest BCUT2D eigenvalue weighted by Gasteiger charge is 2.14. The van der Waals surface area contributed by atoms with E-state index in [4.69, 9.17) is 18.9 Å². The van der Waals surface area contributed by atoms with E-state index in [9.17, 15) is 4.79 Å². The average Bonchev–Trinajstić information content (AvgIpc) is 2.66. The van der Waals surface area contributed by atoms with Crippen molar-refractivity contribution in [3.63, 3.8) is 0 Å². The lowest BCUT2D eigenvalue weighted by molar-refractivity contribution is 0.104. The summed E-state index contributed by atoms with van der Waals surface area (Å²) < 4.78 is 22.2. The quantitative estimate of drug-likeness (QED) is 0.576. The Labute approximate surface area is 153 Å². The number of fused-ring (bicyclic) bond motifs is 1. The number of benzene rings is 2. The van der Waals surface area contributed by atoms with E-state index in [-0.39, 0.29) is 11.9 Å².